The van der Waals surface area contributed by atoms with Gasteiger partial charge in [-0.2, -0.15) is 0 Å². The monoisotopic (exact) mass is 684 g/mol. The van der Waals surface area contributed by atoms with Crippen molar-refractivity contribution in [3.8, 4) is 0 Å². The minimum absolute atomic E-state index is 0.194. The molecule has 0 saturated heterocycles. The molecule has 0 saturated carbocycles. The number of allylic oxidation sites excluding steroid dienone is 6. The molecule has 0 aliphatic rings. The van der Waals surface area contributed by atoms with Crippen LogP contribution in [0.25, 0.3) is 0 Å². The third kappa shape index (κ3) is 36.9. The van der Waals surface area contributed by atoms with Crippen molar-refractivity contribution in [2.45, 2.75) is 180 Å². The van der Waals surface area contributed by atoms with E-state index in [1.54, 1.807) is 0 Å². The standard InChI is InChI=1S/C38H69O8P/c1-3-5-7-9-11-13-15-17-18-19-21-22-24-26-28-30-32-37(39)44-34-36(35-45-47(41,42)43)46-38(40)33-31-29-27-25-23-20-16-14-12-10-8-6-4-2/h8,10,14,16,18-19,36H,3-7,9,11-13,15,17,20-35H2,1-2H3,(H2,41,42,43)/b10-8-,16-14-,19-18-. The topological polar surface area (TPSA) is 119 Å². The van der Waals surface area contributed by atoms with Gasteiger partial charge in [0, 0.05) is 12.8 Å². The lowest BCUT2D eigenvalue weighted by Crippen LogP contribution is -2.29. The van der Waals surface area contributed by atoms with E-state index >= 15 is 0 Å². The number of carbonyl (C=O) groups is 2. The van der Waals surface area contributed by atoms with Crippen molar-refractivity contribution in [3.05, 3.63) is 36.5 Å². The van der Waals surface area contributed by atoms with Crippen molar-refractivity contribution in [2.75, 3.05) is 13.2 Å². The van der Waals surface area contributed by atoms with Gasteiger partial charge in [0.2, 0.25) is 0 Å². The summed E-state index contributed by atoms with van der Waals surface area (Å²) in [6.07, 6.45) is 38.6. The smallest absolute Gasteiger partial charge is 0.462 e. The molecule has 0 bridgehead atoms. The maximum absolute atomic E-state index is 12.3. The second kappa shape index (κ2) is 34.1. The van der Waals surface area contributed by atoms with Gasteiger partial charge in [0.1, 0.15) is 6.61 Å². The third-order valence-corrected chi connectivity index (χ3v) is 8.35. The van der Waals surface area contributed by atoms with Crippen molar-refractivity contribution < 1.29 is 37.9 Å². The van der Waals surface area contributed by atoms with Gasteiger partial charge >= 0.3 is 19.8 Å². The average molecular weight is 685 g/mol. The molecule has 0 radical (unpaired) electrons. The van der Waals surface area contributed by atoms with Crippen LogP contribution >= 0.6 is 7.82 Å². The zero-order valence-electron chi connectivity index (χ0n) is 29.9. The average Bonchev–Trinajstić information content (AvgIpc) is 3.03. The second-order valence-corrected chi connectivity index (χ2v) is 13.8. The maximum Gasteiger partial charge on any atom is 0.469 e. The summed E-state index contributed by atoms with van der Waals surface area (Å²) >= 11 is 0. The number of phosphoric ester groups is 1. The SMILES string of the molecule is CCC/C=C\C/C=C\CCCCCCCC(=O)OC(COC(=O)CCCCCCC/C=C\CCCCCCCCC)COP(=O)(O)O. The molecule has 2 N–H and O–H groups in total. The Hall–Kier alpha value is -1.73. The lowest BCUT2D eigenvalue weighted by molar-refractivity contribution is -0.161. The molecule has 0 spiro atoms. The fraction of sp³-hybridized carbons (Fsp3) is 0.789. The van der Waals surface area contributed by atoms with Gasteiger partial charge < -0.3 is 19.3 Å². The van der Waals surface area contributed by atoms with Crippen LogP contribution in [0.2, 0.25) is 0 Å². The molecular weight excluding hydrogens is 615 g/mol. The van der Waals surface area contributed by atoms with Gasteiger partial charge in [-0.1, -0.05) is 134 Å². The van der Waals surface area contributed by atoms with Gasteiger partial charge in [-0.25, -0.2) is 4.57 Å². The minimum Gasteiger partial charge on any atom is -0.462 e. The summed E-state index contributed by atoms with van der Waals surface area (Å²) in [6.45, 7) is 3.59. The number of ether oxygens (including phenoxy) is 2. The molecule has 1 unspecified atom stereocenters. The molecule has 0 amide bonds. The van der Waals surface area contributed by atoms with Crippen molar-refractivity contribution >= 4 is 19.8 Å². The lowest BCUT2D eigenvalue weighted by atomic mass is 10.1. The molecule has 0 aromatic rings. The number of rotatable bonds is 34. The minimum atomic E-state index is -4.75. The molecule has 0 rings (SSSR count). The quantitative estimate of drug-likeness (QED) is 0.0297. The number of hydrogen-bond donors (Lipinski definition) is 2. The van der Waals surface area contributed by atoms with E-state index in [1.807, 2.05) is 0 Å². The highest BCUT2D eigenvalue weighted by atomic mass is 31.2. The van der Waals surface area contributed by atoms with E-state index in [4.69, 9.17) is 19.3 Å². The van der Waals surface area contributed by atoms with Gasteiger partial charge in [0.05, 0.1) is 6.61 Å². The van der Waals surface area contributed by atoms with Crippen LogP contribution < -0.4 is 0 Å². The summed E-state index contributed by atoms with van der Waals surface area (Å²) in [5.41, 5.74) is 0. The Morgan fingerprint density at radius 1 is 0.553 bits per heavy atom. The van der Waals surface area contributed by atoms with Crippen LogP contribution in [-0.2, 0) is 28.2 Å². The first kappa shape index (κ1) is 45.3. The van der Waals surface area contributed by atoms with Gasteiger partial charge in [-0.15, -0.1) is 0 Å². The Morgan fingerprint density at radius 2 is 1.00 bits per heavy atom. The predicted octanol–water partition coefficient (Wildman–Crippen LogP) is 11.0. The molecule has 0 heterocycles. The Balaban J connectivity index is 3.99. The largest absolute Gasteiger partial charge is 0.469 e. The molecule has 0 aromatic carbocycles. The molecule has 0 aliphatic heterocycles. The van der Waals surface area contributed by atoms with E-state index in [9.17, 15) is 14.2 Å². The Bertz CT molecular complexity index is 864. The molecule has 1 atom stereocenters. The molecular formula is C38H69O8P. The first-order chi connectivity index (χ1) is 22.8. The maximum atomic E-state index is 12.3. The van der Waals surface area contributed by atoms with Gasteiger partial charge in [0.15, 0.2) is 6.10 Å². The normalized spacial score (nSPS) is 12.9. The second-order valence-electron chi connectivity index (χ2n) is 12.5. The fourth-order valence-corrected chi connectivity index (χ4v) is 5.41. The van der Waals surface area contributed by atoms with Crippen LogP contribution in [-0.4, -0.2) is 41.0 Å². The van der Waals surface area contributed by atoms with E-state index in [1.165, 1.54) is 57.8 Å². The zero-order chi connectivity index (χ0) is 34.7. The predicted molar refractivity (Wildman–Crippen MR) is 193 cm³/mol. The van der Waals surface area contributed by atoms with Crippen molar-refractivity contribution in [2.24, 2.45) is 0 Å². The van der Waals surface area contributed by atoms with Gasteiger partial charge in [0.25, 0.3) is 0 Å². The third-order valence-electron chi connectivity index (χ3n) is 7.86. The summed E-state index contributed by atoms with van der Waals surface area (Å²) in [5.74, 6) is -0.912. The number of phosphoric acid groups is 1. The van der Waals surface area contributed by atoms with E-state index in [0.717, 1.165) is 77.0 Å². The van der Waals surface area contributed by atoms with E-state index < -0.39 is 32.5 Å². The highest BCUT2D eigenvalue weighted by Gasteiger charge is 2.22. The Labute approximate surface area is 287 Å². The van der Waals surface area contributed by atoms with E-state index in [-0.39, 0.29) is 19.4 Å². The molecule has 0 aromatic heterocycles. The Morgan fingerprint density at radius 3 is 1.51 bits per heavy atom. The van der Waals surface area contributed by atoms with Gasteiger partial charge in [-0.05, 0) is 64.2 Å². The van der Waals surface area contributed by atoms with Crippen molar-refractivity contribution in [3.63, 3.8) is 0 Å². The van der Waals surface area contributed by atoms with Crippen LogP contribution in [0, 0.1) is 0 Å². The molecule has 274 valence electrons. The molecule has 0 aliphatic carbocycles. The molecule has 0 fully saturated rings. The summed E-state index contributed by atoms with van der Waals surface area (Å²) < 4.78 is 26.3. The lowest BCUT2D eigenvalue weighted by Gasteiger charge is -2.18. The van der Waals surface area contributed by atoms with Crippen LogP contribution in [0.5, 0.6) is 0 Å². The molecule has 47 heavy (non-hydrogen) atoms. The van der Waals surface area contributed by atoms with Crippen LogP contribution in [0.3, 0.4) is 0 Å². The highest BCUT2D eigenvalue weighted by molar-refractivity contribution is 7.46. The van der Waals surface area contributed by atoms with Crippen molar-refractivity contribution in [1.29, 1.82) is 0 Å². The van der Waals surface area contributed by atoms with Gasteiger partial charge in [-0.3, -0.25) is 14.1 Å². The van der Waals surface area contributed by atoms with Crippen LogP contribution in [0.4, 0.5) is 0 Å². The molecule has 8 nitrogen and oxygen atoms in total. The first-order valence-corrected chi connectivity index (χ1v) is 20.3. The highest BCUT2D eigenvalue weighted by Crippen LogP contribution is 2.36. The molecule has 9 heteroatoms. The van der Waals surface area contributed by atoms with Crippen molar-refractivity contribution in [1.82, 2.24) is 0 Å². The first-order valence-electron chi connectivity index (χ1n) is 18.8. The summed E-state index contributed by atoms with van der Waals surface area (Å²) in [4.78, 5) is 42.7. The van der Waals surface area contributed by atoms with Crippen LogP contribution in [0.15, 0.2) is 36.5 Å². The number of unbranched alkanes of at least 4 members (excludes halogenated alkanes) is 18. The van der Waals surface area contributed by atoms with Crippen LogP contribution in [0.1, 0.15) is 174 Å². The zero-order valence-corrected chi connectivity index (χ0v) is 30.8. The summed E-state index contributed by atoms with van der Waals surface area (Å²) in [6, 6.07) is 0. The van der Waals surface area contributed by atoms with E-state index in [2.05, 4.69) is 54.8 Å². The summed E-state index contributed by atoms with van der Waals surface area (Å²) in [5, 5.41) is 0. The number of esters is 2. The summed E-state index contributed by atoms with van der Waals surface area (Å²) in [7, 11) is -4.75. The number of carbonyl (C=O) groups excluding carboxylic acids is 2. The Kier molecular flexibility index (Phi) is 32.9. The number of hydrogen-bond acceptors (Lipinski definition) is 6. The van der Waals surface area contributed by atoms with E-state index in [0.29, 0.717) is 12.8 Å². The fourth-order valence-electron chi connectivity index (χ4n) is 5.05.